The summed E-state index contributed by atoms with van der Waals surface area (Å²) in [7, 11) is 7.98. The van der Waals surface area contributed by atoms with E-state index in [2.05, 4.69) is 42.1 Å². The first-order valence-electron chi connectivity index (χ1n) is 13.6. The zero-order valence-corrected chi connectivity index (χ0v) is 24.4. The molecule has 0 bridgehead atoms. The molecule has 0 aliphatic heterocycles. The molecule has 10 nitrogen and oxygen atoms in total. The number of imidazole rings is 1. The first-order valence-corrected chi connectivity index (χ1v) is 13.6. The molecule has 3 aromatic rings. The molecule has 1 aromatic heterocycles. The van der Waals surface area contributed by atoms with Crippen LogP contribution in [-0.2, 0) is 7.05 Å². The largest absolute Gasteiger partial charge is 0.476 e. The van der Waals surface area contributed by atoms with Gasteiger partial charge in [-0.3, -0.25) is 9.59 Å². The number of carbonyl (C=O) groups is 2. The van der Waals surface area contributed by atoms with Crippen LogP contribution in [0.1, 0.15) is 39.4 Å². The minimum atomic E-state index is -1.24. The van der Waals surface area contributed by atoms with Gasteiger partial charge < -0.3 is 29.7 Å². The second-order valence-corrected chi connectivity index (χ2v) is 11.5. The number of halogens is 2. The van der Waals surface area contributed by atoms with Gasteiger partial charge in [-0.25, -0.2) is 9.37 Å². The number of hydrogen-bond donors (Lipinski definition) is 3. The molecule has 1 aliphatic rings. The Morgan fingerprint density at radius 2 is 1.86 bits per heavy atom. The highest BCUT2D eigenvalue weighted by Crippen LogP contribution is 2.30. The van der Waals surface area contributed by atoms with Crippen molar-refractivity contribution in [2.75, 3.05) is 46.2 Å². The summed E-state index contributed by atoms with van der Waals surface area (Å²) in [4.78, 5) is 30.0. The highest BCUT2D eigenvalue weighted by Gasteiger charge is 2.30. The second kappa shape index (κ2) is 12.7. The molecule has 0 spiro atoms. The number of ether oxygens (including phenoxy) is 1. The van der Waals surface area contributed by atoms with Crippen LogP contribution in [0, 0.1) is 29.9 Å². The summed E-state index contributed by atoms with van der Waals surface area (Å²) in [5.41, 5.74) is 1.73. The smallest absolute Gasteiger partial charge is 0.291 e. The summed E-state index contributed by atoms with van der Waals surface area (Å²) in [6.07, 6.45) is 3.04. The van der Waals surface area contributed by atoms with Gasteiger partial charge in [-0.15, -0.1) is 0 Å². The number of nitrogens with zero attached hydrogens (tertiary/aromatic N) is 4. The number of likely N-dealkylation sites (N-methyl/N-ethyl adjacent to an activating group) is 1. The normalized spacial score (nSPS) is 16.3. The average molecular weight is 581 g/mol. The second-order valence-electron chi connectivity index (χ2n) is 11.5. The van der Waals surface area contributed by atoms with Crippen molar-refractivity contribution in [3.8, 4) is 23.1 Å². The van der Waals surface area contributed by atoms with Gasteiger partial charge in [0, 0.05) is 42.5 Å². The van der Waals surface area contributed by atoms with Gasteiger partial charge in [0.15, 0.2) is 24.0 Å². The van der Waals surface area contributed by atoms with Crippen molar-refractivity contribution in [1.29, 1.82) is 5.26 Å². The molecule has 4 rings (SSSR count). The van der Waals surface area contributed by atoms with Crippen LogP contribution < -0.4 is 20.7 Å². The molecule has 2 aromatic carbocycles. The van der Waals surface area contributed by atoms with Crippen LogP contribution >= 0.6 is 0 Å². The van der Waals surface area contributed by atoms with Crippen LogP contribution in [0.5, 0.6) is 5.75 Å². The van der Waals surface area contributed by atoms with Crippen molar-refractivity contribution < 1.29 is 27.6 Å². The van der Waals surface area contributed by atoms with Gasteiger partial charge in [0.25, 0.3) is 11.8 Å². The lowest BCUT2D eigenvalue weighted by Gasteiger charge is -2.37. The highest BCUT2D eigenvalue weighted by atomic mass is 19.2. The zero-order chi connectivity index (χ0) is 30.6. The fourth-order valence-corrected chi connectivity index (χ4v) is 4.77. The Balaban J connectivity index is 1.35. The van der Waals surface area contributed by atoms with Gasteiger partial charge in [0.05, 0.1) is 39.6 Å². The Labute approximate surface area is 243 Å². The summed E-state index contributed by atoms with van der Waals surface area (Å²) in [6.45, 7) is 3.33. The number of benzene rings is 2. The summed E-state index contributed by atoms with van der Waals surface area (Å²) in [5, 5.41) is 18.0. The minimum absolute atomic E-state index is 0.0244. The van der Waals surface area contributed by atoms with Crippen LogP contribution in [0.25, 0.3) is 11.3 Å². The van der Waals surface area contributed by atoms with E-state index in [1.807, 2.05) is 0 Å². The van der Waals surface area contributed by atoms with Crippen LogP contribution in [-0.4, -0.2) is 78.8 Å². The highest BCUT2D eigenvalue weighted by molar-refractivity contribution is 6.03. The van der Waals surface area contributed by atoms with E-state index in [1.54, 1.807) is 31.2 Å². The van der Waals surface area contributed by atoms with Crippen molar-refractivity contribution in [3.63, 3.8) is 0 Å². The van der Waals surface area contributed by atoms with Crippen LogP contribution in [0.15, 0.2) is 36.5 Å². The molecule has 1 fully saturated rings. The van der Waals surface area contributed by atoms with E-state index < -0.39 is 24.1 Å². The maximum atomic E-state index is 14.8. The van der Waals surface area contributed by atoms with Gasteiger partial charge in [0.2, 0.25) is 5.82 Å². The lowest BCUT2D eigenvalue weighted by molar-refractivity contribution is -0.869. The number of nitriles is 1. The van der Waals surface area contributed by atoms with Crippen molar-refractivity contribution >= 4 is 17.5 Å². The van der Waals surface area contributed by atoms with Crippen molar-refractivity contribution in [1.82, 2.24) is 20.2 Å². The number of nitrogens with one attached hydrogen (secondary N) is 3. The van der Waals surface area contributed by atoms with E-state index in [4.69, 9.17) is 10.00 Å². The first-order chi connectivity index (χ1) is 19.9. The third kappa shape index (κ3) is 7.10. The number of amides is 2. The number of rotatable bonds is 11. The molecular weight excluding hydrogens is 544 g/mol. The molecule has 1 saturated carbocycles. The third-order valence-corrected chi connectivity index (χ3v) is 7.22. The molecule has 12 heteroatoms. The summed E-state index contributed by atoms with van der Waals surface area (Å²) < 4.78 is 36.3. The van der Waals surface area contributed by atoms with Crippen LogP contribution in [0.4, 0.5) is 14.5 Å². The molecule has 2 amide bonds. The Hall–Kier alpha value is -4.34. The number of carbonyl (C=O) groups excluding carboxylic acids is 2. The fraction of sp³-hybridized carbons (Fsp3) is 0.400. The number of hydrogen-bond acceptors (Lipinski definition) is 6. The van der Waals surface area contributed by atoms with E-state index in [1.165, 1.54) is 29.9 Å². The van der Waals surface area contributed by atoms with E-state index in [0.29, 0.717) is 22.9 Å². The third-order valence-electron chi connectivity index (χ3n) is 7.22. The Morgan fingerprint density at radius 1 is 1.12 bits per heavy atom. The average Bonchev–Trinajstić information content (AvgIpc) is 3.28. The van der Waals surface area contributed by atoms with E-state index in [-0.39, 0.29) is 34.8 Å². The standard InChI is InChI=1S/C30H35F2N7O3/c1-18-14-19(6-7-22(18)29(40)37-21-15-20(16-21)34-11-12-39(3,4)5)36-30(41)28-35-17-24(38(28)2)23-8-9-25(42-13-10-33)27(32)26(23)31/h6-9,14,17,20-21,34H,11-13,15-16H2,1-5H3,(H-,36,37,40,41)/p+1/t20-,21+. The van der Waals surface area contributed by atoms with E-state index in [0.717, 1.165) is 30.4 Å². The fourth-order valence-electron chi connectivity index (χ4n) is 4.77. The molecule has 0 atom stereocenters. The van der Waals surface area contributed by atoms with Crippen molar-refractivity contribution in [2.45, 2.75) is 31.8 Å². The lowest BCUT2D eigenvalue weighted by Crippen LogP contribution is -2.54. The molecule has 222 valence electrons. The van der Waals surface area contributed by atoms with Gasteiger partial charge >= 0.3 is 0 Å². The summed E-state index contributed by atoms with van der Waals surface area (Å²) in [5.74, 6) is -3.55. The van der Waals surface area contributed by atoms with E-state index in [9.17, 15) is 18.4 Å². The zero-order valence-electron chi connectivity index (χ0n) is 24.4. The maximum Gasteiger partial charge on any atom is 0.291 e. The Morgan fingerprint density at radius 3 is 2.52 bits per heavy atom. The monoisotopic (exact) mass is 580 g/mol. The van der Waals surface area contributed by atoms with Gasteiger partial charge in [0.1, 0.15) is 6.07 Å². The predicted molar refractivity (Wildman–Crippen MR) is 154 cm³/mol. The number of aryl methyl sites for hydroxylation is 1. The molecule has 0 radical (unpaired) electrons. The van der Waals surface area contributed by atoms with Crippen LogP contribution in [0.3, 0.4) is 0 Å². The molecular formula is C30H36F2N7O3+. The maximum absolute atomic E-state index is 14.8. The van der Waals surface area contributed by atoms with Crippen molar-refractivity contribution in [3.05, 3.63) is 65.1 Å². The van der Waals surface area contributed by atoms with Gasteiger partial charge in [-0.1, -0.05) is 0 Å². The summed E-state index contributed by atoms with van der Waals surface area (Å²) >= 11 is 0. The summed E-state index contributed by atoms with van der Waals surface area (Å²) in [6, 6.07) is 9.72. The molecule has 3 N–H and O–H groups in total. The SMILES string of the molecule is Cc1cc(NC(=O)c2ncc(-c3ccc(OCC#N)c(F)c3F)n2C)ccc1C(=O)N[C@H]1C[C@@H](NCC[N+](C)(C)C)C1. The first kappa shape index (κ1) is 30.6. The lowest BCUT2D eigenvalue weighted by atomic mass is 9.86. The van der Waals surface area contributed by atoms with Gasteiger partial charge in [-0.05, 0) is 55.7 Å². The molecule has 0 saturated heterocycles. The minimum Gasteiger partial charge on any atom is -0.476 e. The number of aromatic nitrogens is 2. The quantitative estimate of drug-likeness (QED) is 0.299. The molecule has 1 aliphatic carbocycles. The van der Waals surface area contributed by atoms with Gasteiger partial charge in [-0.2, -0.15) is 9.65 Å². The van der Waals surface area contributed by atoms with E-state index >= 15 is 0 Å². The number of quaternary nitrogens is 1. The van der Waals surface area contributed by atoms with Crippen molar-refractivity contribution in [2.24, 2.45) is 7.05 Å². The Bertz CT molecular complexity index is 1520. The molecule has 0 unspecified atom stereocenters. The molecule has 1 heterocycles. The van der Waals surface area contributed by atoms with Crippen LogP contribution in [0.2, 0.25) is 0 Å². The molecule has 42 heavy (non-hydrogen) atoms. The number of anilines is 1. The predicted octanol–water partition coefficient (Wildman–Crippen LogP) is 3.39. The Kier molecular flexibility index (Phi) is 9.23. The topological polar surface area (TPSA) is 121 Å².